The van der Waals surface area contributed by atoms with Crippen LogP contribution in [0.25, 0.3) is 0 Å². The Bertz CT molecular complexity index is 556. The van der Waals surface area contributed by atoms with Crippen LogP contribution in [0.1, 0.15) is 0 Å². The van der Waals surface area contributed by atoms with Gasteiger partial charge in [0.2, 0.25) is 10.0 Å². The van der Waals surface area contributed by atoms with Gasteiger partial charge in [-0.1, -0.05) is 22.0 Å². The van der Waals surface area contributed by atoms with E-state index in [9.17, 15) is 18.5 Å². The van der Waals surface area contributed by atoms with Gasteiger partial charge in [-0.05, 0) is 12.1 Å². The molecule has 0 amide bonds. The molecule has 0 spiro atoms. The average Bonchev–Trinajstić information content (AvgIpc) is 2.26. The van der Waals surface area contributed by atoms with Gasteiger partial charge in [0.05, 0.1) is 4.92 Å². The molecule has 1 N–H and O–H groups in total. The van der Waals surface area contributed by atoms with Crippen molar-refractivity contribution in [3.8, 4) is 0 Å². The van der Waals surface area contributed by atoms with Gasteiger partial charge in [0, 0.05) is 17.1 Å². The normalized spacial score (nSPS) is 11.1. The van der Waals surface area contributed by atoms with Crippen molar-refractivity contribution in [2.24, 2.45) is 0 Å². The van der Waals surface area contributed by atoms with Crippen LogP contribution in [-0.4, -0.2) is 19.9 Å². The standard InChI is InChI=1S/C9H9BrN2O4S/c1-2-5-11-17(15,16)9-6-7(10)3-4-8(9)12(13)14/h2-4,6,11H,1,5H2. The molecule has 92 valence electrons. The third-order valence-electron chi connectivity index (χ3n) is 1.83. The Balaban J connectivity index is 3.33. The lowest BCUT2D eigenvalue weighted by molar-refractivity contribution is -0.387. The van der Waals surface area contributed by atoms with Crippen LogP contribution < -0.4 is 4.72 Å². The van der Waals surface area contributed by atoms with Crippen LogP contribution in [0.15, 0.2) is 40.2 Å². The van der Waals surface area contributed by atoms with E-state index in [1.54, 1.807) is 0 Å². The highest BCUT2D eigenvalue weighted by Gasteiger charge is 2.25. The minimum atomic E-state index is -3.91. The number of nitro groups is 1. The van der Waals surface area contributed by atoms with Crippen molar-refractivity contribution in [3.63, 3.8) is 0 Å². The van der Waals surface area contributed by atoms with E-state index in [-0.39, 0.29) is 11.4 Å². The molecule has 0 radical (unpaired) electrons. The first-order chi connectivity index (χ1) is 7.88. The Morgan fingerprint density at radius 2 is 2.18 bits per heavy atom. The minimum Gasteiger partial charge on any atom is -0.258 e. The van der Waals surface area contributed by atoms with E-state index in [2.05, 4.69) is 27.2 Å². The van der Waals surface area contributed by atoms with Crippen LogP contribution in [0.3, 0.4) is 0 Å². The second-order valence-electron chi connectivity index (χ2n) is 3.01. The maximum atomic E-state index is 11.8. The van der Waals surface area contributed by atoms with E-state index in [0.29, 0.717) is 4.47 Å². The van der Waals surface area contributed by atoms with Gasteiger partial charge in [0.25, 0.3) is 5.69 Å². The third kappa shape index (κ3) is 3.35. The van der Waals surface area contributed by atoms with E-state index in [1.807, 2.05) is 0 Å². The second kappa shape index (κ2) is 5.39. The SMILES string of the molecule is C=CCNS(=O)(=O)c1cc(Br)ccc1[N+](=O)[O-]. The van der Waals surface area contributed by atoms with Crippen LogP contribution in [0.5, 0.6) is 0 Å². The monoisotopic (exact) mass is 320 g/mol. The molecule has 0 aliphatic heterocycles. The van der Waals surface area contributed by atoms with Gasteiger partial charge in [-0.25, -0.2) is 13.1 Å². The van der Waals surface area contributed by atoms with Crippen LogP contribution in [0.4, 0.5) is 5.69 Å². The highest BCUT2D eigenvalue weighted by atomic mass is 79.9. The molecule has 0 fully saturated rings. The summed E-state index contributed by atoms with van der Waals surface area (Å²) in [5.74, 6) is 0. The Kier molecular flexibility index (Phi) is 4.38. The van der Waals surface area contributed by atoms with Gasteiger partial charge >= 0.3 is 0 Å². The smallest absolute Gasteiger partial charge is 0.258 e. The molecule has 0 saturated heterocycles. The molecule has 0 heterocycles. The number of rotatable bonds is 5. The molecule has 0 bridgehead atoms. The Morgan fingerprint density at radius 3 is 2.71 bits per heavy atom. The molecular weight excluding hydrogens is 312 g/mol. The summed E-state index contributed by atoms with van der Waals surface area (Å²) in [5.41, 5.74) is -0.468. The molecule has 0 aliphatic carbocycles. The summed E-state index contributed by atoms with van der Waals surface area (Å²) in [6.45, 7) is 3.37. The fourth-order valence-corrected chi connectivity index (χ4v) is 2.81. The van der Waals surface area contributed by atoms with Crippen LogP contribution in [0.2, 0.25) is 0 Å². The van der Waals surface area contributed by atoms with Gasteiger partial charge in [-0.2, -0.15) is 0 Å². The van der Waals surface area contributed by atoms with Crippen molar-refractivity contribution in [1.82, 2.24) is 4.72 Å². The lowest BCUT2D eigenvalue weighted by Crippen LogP contribution is -2.24. The van der Waals surface area contributed by atoms with Crippen LogP contribution >= 0.6 is 15.9 Å². The fourth-order valence-electron chi connectivity index (χ4n) is 1.10. The van der Waals surface area contributed by atoms with Gasteiger partial charge in [0.1, 0.15) is 0 Å². The van der Waals surface area contributed by atoms with Crippen molar-refractivity contribution in [1.29, 1.82) is 0 Å². The topological polar surface area (TPSA) is 89.3 Å². The van der Waals surface area contributed by atoms with Crippen molar-refractivity contribution < 1.29 is 13.3 Å². The highest BCUT2D eigenvalue weighted by Crippen LogP contribution is 2.26. The summed E-state index contributed by atoms with van der Waals surface area (Å²) in [7, 11) is -3.91. The first-order valence-corrected chi connectivity index (χ1v) is 6.70. The molecule has 1 aromatic carbocycles. The van der Waals surface area contributed by atoms with Gasteiger partial charge < -0.3 is 0 Å². The molecule has 0 aromatic heterocycles. The van der Waals surface area contributed by atoms with Gasteiger partial charge in [0.15, 0.2) is 4.90 Å². The number of hydrogen-bond donors (Lipinski definition) is 1. The van der Waals surface area contributed by atoms with Crippen molar-refractivity contribution >= 4 is 31.6 Å². The quantitative estimate of drug-likeness (QED) is 0.509. The predicted molar refractivity (Wildman–Crippen MR) is 66.2 cm³/mol. The first-order valence-electron chi connectivity index (χ1n) is 4.43. The molecule has 0 aliphatic rings. The Hall–Kier alpha value is -1.25. The molecular formula is C9H9BrN2O4S. The van der Waals surface area contributed by atoms with E-state index in [0.717, 1.165) is 6.07 Å². The summed E-state index contributed by atoms with van der Waals surface area (Å²) >= 11 is 3.07. The molecule has 6 nitrogen and oxygen atoms in total. The summed E-state index contributed by atoms with van der Waals surface area (Å²) < 4.78 is 26.2. The predicted octanol–water partition coefficient (Wildman–Crippen LogP) is 1.82. The summed E-state index contributed by atoms with van der Waals surface area (Å²) in [4.78, 5) is 9.61. The van der Waals surface area contributed by atoms with Gasteiger partial charge in [-0.15, -0.1) is 6.58 Å². The number of halogens is 1. The lowest BCUT2D eigenvalue weighted by atomic mass is 10.3. The van der Waals surface area contributed by atoms with Crippen molar-refractivity contribution in [2.45, 2.75) is 4.90 Å². The minimum absolute atomic E-state index is 0.00595. The van der Waals surface area contributed by atoms with E-state index in [4.69, 9.17) is 0 Å². The van der Waals surface area contributed by atoms with E-state index in [1.165, 1.54) is 18.2 Å². The summed E-state index contributed by atoms with van der Waals surface area (Å²) in [6.07, 6.45) is 1.35. The molecule has 0 atom stereocenters. The maximum absolute atomic E-state index is 11.8. The number of sulfonamides is 1. The molecule has 0 unspecified atom stereocenters. The number of hydrogen-bond acceptors (Lipinski definition) is 4. The zero-order valence-electron chi connectivity index (χ0n) is 8.59. The average molecular weight is 321 g/mol. The van der Waals surface area contributed by atoms with Crippen molar-refractivity contribution in [2.75, 3.05) is 6.54 Å². The maximum Gasteiger partial charge on any atom is 0.289 e. The van der Waals surface area contributed by atoms with Gasteiger partial charge in [-0.3, -0.25) is 10.1 Å². The molecule has 1 aromatic rings. The number of nitrogens with zero attached hydrogens (tertiary/aromatic N) is 1. The highest BCUT2D eigenvalue weighted by molar-refractivity contribution is 9.10. The van der Waals surface area contributed by atoms with E-state index >= 15 is 0 Å². The zero-order chi connectivity index (χ0) is 13.1. The molecule has 17 heavy (non-hydrogen) atoms. The Labute approximate surface area is 107 Å². The number of benzene rings is 1. The van der Waals surface area contributed by atoms with Crippen LogP contribution in [-0.2, 0) is 10.0 Å². The second-order valence-corrected chi connectivity index (χ2v) is 5.66. The molecule has 0 saturated carbocycles. The largest absolute Gasteiger partial charge is 0.289 e. The third-order valence-corrected chi connectivity index (χ3v) is 3.77. The number of nitro benzene ring substituents is 1. The first kappa shape index (κ1) is 13.8. The summed E-state index contributed by atoms with van der Waals surface area (Å²) in [6, 6.07) is 3.72. The van der Waals surface area contributed by atoms with Crippen LogP contribution in [0, 0.1) is 10.1 Å². The lowest BCUT2D eigenvalue weighted by Gasteiger charge is -2.05. The number of nitrogens with one attached hydrogen (secondary N) is 1. The fraction of sp³-hybridized carbons (Fsp3) is 0.111. The molecule has 1 rings (SSSR count). The summed E-state index contributed by atoms with van der Waals surface area (Å²) in [5, 5.41) is 10.7. The van der Waals surface area contributed by atoms with Crippen molar-refractivity contribution in [3.05, 3.63) is 45.4 Å². The van der Waals surface area contributed by atoms with E-state index < -0.39 is 20.6 Å². The zero-order valence-corrected chi connectivity index (χ0v) is 11.0. The Morgan fingerprint density at radius 1 is 1.53 bits per heavy atom. The molecule has 8 heteroatoms.